The second-order valence-corrected chi connectivity index (χ2v) is 5.72. The zero-order chi connectivity index (χ0) is 11.7. The van der Waals surface area contributed by atoms with E-state index in [0.29, 0.717) is 13.0 Å². The first kappa shape index (κ1) is 14.6. The van der Waals surface area contributed by atoms with Crippen LogP contribution < -0.4 is 5.32 Å². The van der Waals surface area contributed by atoms with Crippen LogP contribution in [0.15, 0.2) is 12.7 Å². The van der Waals surface area contributed by atoms with Crippen LogP contribution in [0.1, 0.15) is 19.3 Å². The Morgan fingerprint density at radius 3 is 2.60 bits per heavy atom. The molecule has 4 nitrogen and oxygen atoms in total. The van der Waals surface area contributed by atoms with Crippen LogP contribution in [0.25, 0.3) is 0 Å². The monoisotopic (exact) mass is 234 g/mol. The Bertz CT molecular complexity index is 263. The molecule has 0 spiro atoms. The Labute approximate surface area is 93.4 Å². The Kier molecular flexibility index (Phi) is 7.64. The number of hydrogen-bond donors (Lipinski definition) is 1. The van der Waals surface area contributed by atoms with Crippen LogP contribution in [0.3, 0.4) is 0 Å². The maximum Gasteiger partial charge on any atom is 0.213 e. The first-order valence-electron chi connectivity index (χ1n) is 5.24. The molecule has 0 bridgehead atoms. The van der Waals surface area contributed by atoms with Crippen molar-refractivity contribution in [1.29, 1.82) is 0 Å². The van der Waals surface area contributed by atoms with Gasteiger partial charge in [0.25, 0.3) is 0 Å². The van der Waals surface area contributed by atoms with Gasteiger partial charge < -0.3 is 5.32 Å². The maximum atomic E-state index is 11.7. The number of unbranched alkanes of at least 4 members (excludes halogenated alkanes) is 1. The largest absolute Gasteiger partial charge is 0.320 e. The van der Waals surface area contributed by atoms with Crippen molar-refractivity contribution in [3.8, 4) is 0 Å². The summed E-state index contributed by atoms with van der Waals surface area (Å²) in [6.45, 7) is 4.92. The lowest BCUT2D eigenvalue weighted by molar-refractivity contribution is 0.461. The summed E-state index contributed by atoms with van der Waals surface area (Å²) in [7, 11) is 0.403. The van der Waals surface area contributed by atoms with Gasteiger partial charge in [0, 0.05) is 13.6 Å². The first-order valence-corrected chi connectivity index (χ1v) is 6.85. The summed E-state index contributed by atoms with van der Waals surface area (Å²) in [5.74, 6) is 0.221. The Morgan fingerprint density at radius 2 is 2.07 bits per heavy atom. The summed E-state index contributed by atoms with van der Waals surface area (Å²) in [6.07, 6.45) is 4.16. The van der Waals surface area contributed by atoms with Gasteiger partial charge >= 0.3 is 0 Å². The topological polar surface area (TPSA) is 49.4 Å². The van der Waals surface area contributed by atoms with E-state index < -0.39 is 10.0 Å². The number of hydrogen-bond acceptors (Lipinski definition) is 3. The third-order valence-electron chi connectivity index (χ3n) is 2.19. The van der Waals surface area contributed by atoms with Gasteiger partial charge in [-0.15, -0.1) is 6.58 Å². The van der Waals surface area contributed by atoms with Gasteiger partial charge in [0.1, 0.15) is 0 Å². The lowest BCUT2D eigenvalue weighted by Gasteiger charge is -2.16. The lowest BCUT2D eigenvalue weighted by Crippen LogP contribution is -2.31. The predicted molar refractivity (Wildman–Crippen MR) is 64.4 cm³/mol. The van der Waals surface area contributed by atoms with Crippen molar-refractivity contribution >= 4 is 10.0 Å². The van der Waals surface area contributed by atoms with E-state index >= 15 is 0 Å². The predicted octanol–water partition coefficient (Wildman–Crippen LogP) is 0.824. The molecule has 0 heterocycles. The van der Waals surface area contributed by atoms with Crippen LogP contribution in [0.2, 0.25) is 0 Å². The average Bonchev–Trinajstić information content (AvgIpc) is 2.18. The van der Waals surface area contributed by atoms with Crippen LogP contribution in [-0.2, 0) is 10.0 Å². The van der Waals surface area contributed by atoms with E-state index in [1.165, 1.54) is 4.31 Å². The molecule has 15 heavy (non-hydrogen) atoms. The van der Waals surface area contributed by atoms with Gasteiger partial charge in [-0.1, -0.05) is 6.08 Å². The highest BCUT2D eigenvalue weighted by Gasteiger charge is 2.15. The van der Waals surface area contributed by atoms with E-state index in [4.69, 9.17) is 0 Å². The van der Waals surface area contributed by atoms with E-state index in [0.717, 1.165) is 19.4 Å². The second kappa shape index (κ2) is 7.84. The first-order chi connectivity index (χ1) is 7.04. The van der Waals surface area contributed by atoms with Crippen LogP contribution in [0.5, 0.6) is 0 Å². The SMILES string of the molecule is C=CCCCN(C)S(=O)(=O)CCCNC. The second-order valence-electron chi connectivity index (χ2n) is 3.53. The standard InChI is InChI=1S/C10H22N2O2S/c1-4-5-6-9-12(3)15(13,14)10-7-8-11-2/h4,11H,1,5-10H2,2-3H3. The van der Waals surface area contributed by atoms with Crippen molar-refractivity contribution in [2.24, 2.45) is 0 Å². The lowest BCUT2D eigenvalue weighted by atomic mass is 10.3. The fourth-order valence-electron chi connectivity index (χ4n) is 1.18. The normalized spacial score (nSPS) is 11.9. The number of nitrogens with one attached hydrogen (secondary N) is 1. The zero-order valence-electron chi connectivity index (χ0n) is 9.70. The van der Waals surface area contributed by atoms with Gasteiger partial charge in [0.05, 0.1) is 5.75 Å². The van der Waals surface area contributed by atoms with Crippen LogP contribution in [0.4, 0.5) is 0 Å². The number of allylic oxidation sites excluding steroid dienone is 1. The minimum absolute atomic E-state index is 0.221. The molecule has 0 saturated heterocycles. The molecule has 0 aromatic carbocycles. The van der Waals surface area contributed by atoms with Crippen molar-refractivity contribution in [2.45, 2.75) is 19.3 Å². The van der Waals surface area contributed by atoms with Crippen LogP contribution in [0, 0.1) is 0 Å². The van der Waals surface area contributed by atoms with Crippen molar-refractivity contribution in [3.63, 3.8) is 0 Å². The molecule has 0 aromatic rings. The van der Waals surface area contributed by atoms with E-state index in [1.807, 2.05) is 13.1 Å². The summed E-state index contributed by atoms with van der Waals surface area (Å²) in [6, 6.07) is 0. The van der Waals surface area contributed by atoms with Crippen molar-refractivity contribution in [1.82, 2.24) is 9.62 Å². The number of nitrogens with zero attached hydrogens (tertiary/aromatic N) is 1. The molecule has 0 unspecified atom stereocenters. The molecular weight excluding hydrogens is 212 g/mol. The smallest absolute Gasteiger partial charge is 0.213 e. The molecule has 0 aliphatic rings. The van der Waals surface area contributed by atoms with Crippen LogP contribution in [-0.4, -0.2) is 45.7 Å². The fourth-order valence-corrected chi connectivity index (χ4v) is 2.41. The Hall–Kier alpha value is -0.390. The third-order valence-corrected chi connectivity index (χ3v) is 4.12. The summed E-state index contributed by atoms with van der Waals surface area (Å²) >= 11 is 0. The molecule has 5 heteroatoms. The Balaban J connectivity index is 3.91. The highest BCUT2D eigenvalue weighted by molar-refractivity contribution is 7.89. The summed E-state index contributed by atoms with van der Waals surface area (Å²) in [5, 5.41) is 2.94. The molecule has 0 aliphatic carbocycles. The van der Waals surface area contributed by atoms with Gasteiger partial charge in [-0.3, -0.25) is 0 Å². The summed E-state index contributed by atoms with van der Waals surface area (Å²) in [4.78, 5) is 0. The molecule has 0 amide bonds. The van der Waals surface area contributed by atoms with E-state index in [9.17, 15) is 8.42 Å². The molecule has 1 N–H and O–H groups in total. The third kappa shape index (κ3) is 6.65. The molecule has 0 rings (SSSR count). The number of rotatable bonds is 9. The molecule has 90 valence electrons. The van der Waals surface area contributed by atoms with E-state index in [1.54, 1.807) is 7.05 Å². The van der Waals surface area contributed by atoms with Gasteiger partial charge in [-0.2, -0.15) is 0 Å². The minimum Gasteiger partial charge on any atom is -0.320 e. The van der Waals surface area contributed by atoms with Gasteiger partial charge in [-0.25, -0.2) is 12.7 Å². The number of sulfonamides is 1. The molecular formula is C10H22N2O2S. The van der Waals surface area contributed by atoms with Gasteiger partial charge in [0.15, 0.2) is 0 Å². The van der Waals surface area contributed by atoms with E-state index in [-0.39, 0.29) is 5.75 Å². The highest BCUT2D eigenvalue weighted by Crippen LogP contribution is 2.02. The summed E-state index contributed by atoms with van der Waals surface area (Å²) in [5.41, 5.74) is 0. The average molecular weight is 234 g/mol. The van der Waals surface area contributed by atoms with Gasteiger partial charge in [-0.05, 0) is 32.9 Å². The molecule has 0 fully saturated rings. The molecule has 0 radical (unpaired) electrons. The van der Waals surface area contributed by atoms with Gasteiger partial charge in [0.2, 0.25) is 10.0 Å². The van der Waals surface area contributed by atoms with E-state index in [2.05, 4.69) is 11.9 Å². The fraction of sp³-hybridized carbons (Fsp3) is 0.800. The maximum absolute atomic E-state index is 11.7. The minimum atomic E-state index is -3.05. The summed E-state index contributed by atoms with van der Waals surface area (Å²) < 4.78 is 24.8. The quantitative estimate of drug-likeness (QED) is 0.475. The molecule has 0 aliphatic heterocycles. The molecule has 0 atom stereocenters. The highest BCUT2D eigenvalue weighted by atomic mass is 32.2. The zero-order valence-corrected chi connectivity index (χ0v) is 10.5. The molecule has 0 saturated carbocycles. The van der Waals surface area contributed by atoms with Crippen molar-refractivity contribution in [3.05, 3.63) is 12.7 Å². The van der Waals surface area contributed by atoms with Crippen molar-refractivity contribution in [2.75, 3.05) is 32.9 Å². The van der Waals surface area contributed by atoms with Crippen LogP contribution >= 0.6 is 0 Å². The Morgan fingerprint density at radius 1 is 1.40 bits per heavy atom. The van der Waals surface area contributed by atoms with Crippen molar-refractivity contribution < 1.29 is 8.42 Å². The molecule has 0 aromatic heterocycles.